The third-order valence-electron chi connectivity index (χ3n) is 5.80. The lowest BCUT2D eigenvalue weighted by Gasteiger charge is -2.08. The standard InChI is InChI=1S/C27H32N2O6S2/c1-3-5-7-8-18-34-23-12-15-25(16-13-23)36(30,31)27(29-28)37(32,33)26-14-10-21-19-24(35-17-6-4-2)11-9-22(21)20-26/h9-16,19-20H,3-8,17-18H2,1-2H3. The van der Waals surface area contributed by atoms with E-state index in [0.29, 0.717) is 30.1 Å². The van der Waals surface area contributed by atoms with Crippen LogP contribution in [0, 0.1) is 0 Å². The highest BCUT2D eigenvalue weighted by molar-refractivity contribution is 8.31. The molecule has 0 aromatic heterocycles. The van der Waals surface area contributed by atoms with Gasteiger partial charge in [0.25, 0.3) is 19.7 Å². The van der Waals surface area contributed by atoms with E-state index >= 15 is 0 Å². The predicted molar refractivity (Wildman–Crippen MR) is 143 cm³/mol. The van der Waals surface area contributed by atoms with E-state index in [0.717, 1.165) is 43.9 Å². The molecule has 10 heteroatoms. The van der Waals surface area contributed by atoms with Gasteiger partial charge in [-0.05, 0) is 72.1 Å². The monoisotopic (exact) mass is 544 g/mol. The summed E-state index contributed by atoms with van der Waals surface area (Å²) in [5, 5.41) is 1.29. The van der Waals surface area contributed by atoms with Crippen LogP contribution in [-0.2, 0) is 19.7 Å². The van der Waals surface area contributed by atoms with Crippen molar-refractivity contribution in [3.8, 4) is 11.5 Å². The third kappa shape index (κ3) is 6.97. The minimum atomic E-state index is -4.66. The van der Waals surface area contributed by atoms with Crippen LogP contribution >= 0.6 is 0 Å². The van der Waals surface area contributed by atoms with Gasteiger partial charge in [0.1, 0.15) is 11.5 Å². The molecule has 198 valence electrons. The molecule has 0 fully saturated rings. The molecule has 37 heavy (non-hydrogen) atoms. The highest BCUT2D eigenvalue weighted by Gasteiger charge is 2.44. The fourth-order valence-corrected chi connectivity index (χ4v) is 7.06. The van der Waals surface area contributed by atoms with Gasteiger partial charge in [0.15, 0.2) is 0 Å². The van der Waals surface area contributed by atoms with E-state index in [2.05, 4.69) is 18.6 Å². The smallest absolute Gasteiger partial charge is 0.494 e. The van der Waals surface area contributed by atoms with Crippen LogP contribution in [0.15, 0.2) is 70.5 Å². The Kier molecular flexibility index (Phi) is 9.86. The Morgan fingerprint density at radius 2 is 1.22 bits per heavy atom. The van der Waals surface area contributed by atoms with Crippen LogP contribution in [0.3, 0.4) is 0 Å². The Labute approximate surface area is 218 Å². The van der Waals surface area contributed by atoms with E-state index in [9.17, 15) is 22.4 Å². The van der Waals surface area contributed by atoms with Crippen LogP contribution in [-0.4, -0.2) is 39.2 Å². The second-order valence-electron chi connectivity index (χ2n) is 8.63. The van der Waals surface area contributed by atoms with Crippen LogP contribution in [0.1, 0.15) is 52.4 Å². The second kappa shape index (κ2) is 12.9. The van der Waals surface area contributed by atoms with Gasteiger partial charge in [0.05, 0.1) is 23.0 Å². The largest absolute Gasteiger partial charge is 0.504 e. The average molecular weight is 545 g/mol. The molecule has 0 heterocycles. The Hall–Kier alpha value is -3.20. The SMILES string of the molecule is CCCCCCOc1ccc(S(=O)(=O)C(=[N+]=[N-])S(=O)(=O)c2ccc3cc(OCCCC)ccc3c2)cc1. The molecule has 0 saturated heterocycles. The molecular formula is C27H32N2O6S2. The molecule has 0 unspecified atom stereocenters. The van der Waals surface area contributed by atoms with Crippen molar-refractivity contribution in [3.63, 3.8) is 0 Å². The number of hydrogen-bond acceptors (Lipinski definition) is 6. The number of ether oxygens (including phenoxy) is 2. The fraction of sp³-hybridized carbons (Fsp3) is 0.370. The first kappa shape index (κ1) is 28.4. The van der Waals surface area contributed by atoms with E-state index in [-0.39, 0.29) is 9.79 Å². The third-order valence-corrected chi connectivity index (χ3v) is 9.97. The summed E-state index contributed by atoms with van der Waals surface area (Å²) in [6, 6.07) is 14.8. The normalized spacial score (nSPS) is 11.7. The highest BCUT2D eigenvalue weighted by Crippen LogP contribution is 2.27. The van der Waals surface area contributed by atoms with Crippen molar-refractivity contribution in [2.45, 2.75) is 62.2 Å². The van der Waals surface area contributed by atoms with Gasteiger partial charge in [-0.15, -0.1) is 4.79 Å². The maximum absolute atomic E-state index is 13.2. The van der Waals surface area contributed by atoms with Crippen molar-refractivity contribution < 1.29 is 31.1 Å². The van der Waals surface area contributed by atoms with Crippen molar-refractivity contribution in [1.29, 1.82) is 0 Å². The predicted octanol–water partition coefficient (Wildman–Crippen LogP) is 5.81. The maximum atomic E-state index is 13.2. The molecule has 3 aromatic rings. The summed E-state index contributed by atoms with van der Waals surface area (Å²) in [4.78, 5) is 2.09. The summed E-state index contributed by atoms with van der Waals surface area (Å²) >= 11 is 0. The number of rotatable bonds is 12. The first-order valence-electron chi connectivity index (χ1n) is 12.4. The van der Waals surface area contributed by atoms with Crippen LogP contribution in [0.2, 0.25) is 0 Å². The number of benzene rings is 3. The highest BCUT2D eigenvalue weighted by atomic mass is 32.3. The summed E-state index contributed by atoms with van der Waals surface area (Å²) in [7, 11) is -9.30. The van der Waals surface area contributed by atoms with Gasteiger partial charge in [-0.1, -0.05) is 51.7 Å². The molecule has 3 aromatic carbocycles. The number of sulfone groups is 2. The fourth-order valence-electron chi connectivity index (χ4n) is 3.68. The Morgan fingerprint density at radius 1 is 0.676 bits per heavy atom. The van der Waals surface area contributed by atoms with E-state index in [1.165, 1.54) is 36.4 Å². The molecule has 3 rings (SSSR count). The summed E-state index contributed by atoms with van der Waals surface area (Å²) < 4.78 is 62.7. The topological polar surface area (TPSA) is 123 Å². The van der Waals surface area contributed by atoms with Crippen LogP contribution in [0.4, 0.5) is 0 Å². The number of unbranched alkanes of at least 4 members (excludes halogenated alkanes) is 4. The van der Waals surface area contributed by atoms with Crippen molar-refractivity contribution in [2.75, 3.05) is 13.2 Å². The molecule has 0 spiro atoms. The molecule has 0 atom stereocenters. The summed E-state index contributed by atoms with van der Waals surface area (Å²) in [6.45, 7) is 5.26. The molecule has 0 amide bonds. The Balaban J connectivity index is 1.82. The first-order chi connectivity index (χ1) is 17.7. The second-order valence-corrected chi connectivity index (χ2v) is 12.6. The Morgan fingerprint density at radius 3 is 1.89 bits per heavy atom. The van der Waals surface area contributed by atoms with Gasteiger partial charge in [-0.25, -0.2) is 16.8 Å². The molecule has 8 nitrogen and oxygen atoms in total. The molecule has 0 bridgehead atoms. The zero-order valence-electron chi connectivity index (χ0n) is 21.1. The van der Waals surface area contributed by atoms with Gasteiger partial charge in [0, 0.05) is 0 Å². The van der Waals surface area contributed by atoms with Gasteiger partial charge in [0.2, 0.25) is 0 Å². The van der Waals surface area contributed by atoms with Crippen molar-refractivity contribution in [1.82, 2.24) is 0 Å². The minimum absolute atomic E-state index is 0.303. The molecule has 0 radical (unpaired) electrons. The Bertz CT molecular complexity index is 1480. The van der Waals surface area contributed by atoms with E-state index in [1.807, 2.05) is 0 Å². The van der Waals surface area contributed by atoms with Crippen LogP contribution in [0.25, 0.3) is 16.3 Å². The van der Waals surface area contributed by atoms with Crippen molar-refractivity contribution >= 4 is 34.8 Å². The quantitative estimate of drug-likeness (QED) is 0.0932. The maximum Gasteiger partial charge on any atom is 0.504 e. The summed E-state index contributed by atoms with van der Waals surface area (Å²) in [5.41, 5.74) is 9.50. The van der Waals surface area contributed by atoms with Crippen LogP contribution in [0.5, 0.6) is 11.5 Å². The minimum Gasteiger partial charge on any atom is -0.494 e. The number of hydrogen-bond donors (Lipinski definition) is 0. The lowest BCUT2D eigenvalue weighted by atomic mass is 10.1. The zero-order valence-corrected chi connectivity index (χ0v) is 22.7. The van der Waals surface area contributed by atoms with Gasteiger partial charge in [-0.3, -0.25) is 0 Å². The number of fused-ring (bicyclic) bond motifs is 1. The van der Waals surface area contributed by atoms with Crippen LogP contribution < -0.4 is 9.47 Å². The molecular weight excluding hydrogens is 512 g/mol. The summed E-state index contributed by atoms with van der Waals surface area (Å²) in [6.07, 6.45) is 6.07. The van der Waals surface area contributed by atoms with Crippen molar-refractivity contribution in [2.24, 2.45) is 0 Å². The lowest BCUT2D eigenvalue weighted by molar-refractivity contribution is 0.00380. The molecule has 0 aliphatic carbocycles. The van der Waals surface area contributed by atoms with E-state index in [4.69, 9.17) is 9.47 Å². The summed E-state index contributed by atoms with van der Waals surface area (Å²) in [5.74, 6) is 1.12. The van der Waals surface area contributed by atoms with E-state index < -0.39 is 24.1 Å². The zero-order chi connectivity index (χ0) is 26.9. The molecule has 0 aliphatic heterocycles. The van der Waals surface area contributed by atoms with E-state index in [1.54, 1.807) is 24.3 Å². The van der Waals surface area contributed by atoms with Crippen molar-refractivity contribution in [3.05, 3.63) is 66.2 Å². The number of nitrogens with zero attached hydrogens (tertiary/aromatic N) is 2. The van der Waals surface area contributed by atoms with Gasteiger partial charge < -0.3 is 15.0 Å². The molecule has 0 aliphatic rings. The molecule has 0 saturated carbocycles. The molecule has 0 N–H and O–H groups in total. The average Bonchev–Trinajstić information content (AvgIpc) is 2.88. The first-order valence-corrected chi connectivity index (χ1v) is 15.3. The lowest BCUT2D eigenvalue weighted by Crippen LogP contribution is -2.26. The van der Waals surface area contributed by atoms with Gasteiger partial charge in [-0.2, -0.15) is 0 Å². The van der Waals surface area contributed by atoms with Gasteiger partial charge >= 0.3 is 4.38 Å².